The molecule has 88 valence electrons. The largest absolute Gasteiger partial charge is 0.475 e. The molecule has 1 aromatic rings. The van der Waals surface area contributed by atoms with E-state index in [1.54, 1.807) is 15.9 Å². The van der Waals surface area contributed by atoms with Crippen LogP contribution in [0.2, 0.25) is 0 Å². The lowest BCUT2D eigenvalue weighted by Gasteiger charge is -2.21. The molecule has 0 aromatic heterocycles. The molecule has 1 rings (SSSR count). The van der Waals surface area contributed by atoms with Crippen molar-refractivity contribution in [1.29, 1.82) is 0 Å². The van der Waals surface area contributed by atoms with Gasteiger partial charge in [0.25, 0.3) is 0 Å². The van der Waals surface area contributed by atoms with Crippen molar-refractivity contribution in [2.75, 3.05) is 0 Å². The van der Waals surface area contributed by atoms with Crippen molar-refractivity contribution in [3.05, 3.63) is 36.4 Å². The molecule has 0 aliphatic rings. The predicted octanol–water partition coefficient (Wildman–Crippen LogP) is 4.29. The van der Waals surface area contributed by atoms with Crippen molar-refractivity contribution in [3.63, 3.8) is 0 Å². The number of ether oxygens (including phenoxy) is 1. The molecule has 0 amide bonds. The Hall–Kier alpha value is -1.04. The van der Waals surface area contributed by atoms with E-state index in [0.29, 0.717) is 5.56 Å². The van der Waals surface area contributed by atoms with Gasteiger partial charge in [0.05, 0.1) is 0 Å². The molecule has 0 unspecified atom stereocenters. The van der Waals surface area contributed by atoms with E-state index in [-0.39, 0.29) is 5.75 Å². The van der Waals surface area contributed by atoms with Gasteiger partial charge in [-0.05, 0) is 17.7 Å². The highest BCUT2D eigenvalue weighted by molar-refractivity contribution is 9.10. The first-order valence-corrected chi connectivity index (χ1v) is 4.91. The number of rotatable bonds is 4. The minimum absolute atomic E-state index is 0.352. The minimum atomic E-state index is -4.61. The van der Waals surface area contributed by atoms with Crippen molar-refractivity contribution in [2.24, 2.45) is 0 Å². The normalized spacial score (nSPS) is 12.3. The summed E-state index contributed by atoms with van der Waals surface area (Å²) < 4.78 is 54.1. The molecule has 0 heterocycles. The molecular weight excluding hydrogens is 292 g/mol. The van der Waals surface area contributed by atoms with Gasteiger partial charge in [-0.1, -0.05) is 24.8 Å². The van der Waals surface area contributed by atoms with Gasteiger partial charge in [0, 0.05) is 15.9 Å². The molecule has 0 fully saturated rings. The Balaban J connectivity index is 2.84. The molecule has 1 aromatic carbocycles. The van der Waals surface area contributed by atoms with Crippen molar-refractivity contribution in [2.45, 2.75) is 10.9 Å². The number of benzene rings is 1. The van der Waals surface area contributed by atoms with Gasteiger partial charge in [-0.3, -0.25) is 0 Å². The summed E-state index contributed by atoms with van der Waals surface area (Å²) in [6, 6.07) is 5.16. The van der Waals surface area contributed by atoms with Crippen LogP contribution < -0.4 is 4.74 Å². The molecule has 6 heteroatoms. The molecular formula is C10H7BrF4O. The highest BCUT2D eigenvalue weighted by Crippen LogP contribution is 2.40. The molecule has 0 saturated carbocycles. The zero-order valence-electron chi connectivity index (χ0n) is 7.89. The van der Waals surface area contributed by atoms with Crippen LogP contribution in [-0.2, 0) is 0 Å². The first kappa shape index (κ1) is 13.0. The highest BCUT2D eigenvalue weighted by atomic mass is 79.9. The summed E-state index contributed by atoms with van der Waals surface area (Å²) in [6.07, 6.45) is -3.12. The maximum absolute atomic E-state index is 12.8. The summed E-state index contributed by atoms with van der Waals surface area (Å²) in [7, 11) is 0. The van der Waals surface area contributed by atoms with Gasteiger partial charge < -0.3 is 4.74 Å². The lowest BCUT2D eigenvalue weighted by Crippen LogP contribution is -2.40. The van der Waals surface area contributed by atoms with Crippen LogP contribution in [0.5, 0.6) is 5.75 Å². The molecule has 0 saturated heterocycles. The molecule has 0 bridgehead atoms. The first-order chi connectivity index (χ1) is 7.26. The zero-order valence-corrected chi connectivity index (χ0v) is 9.48. The van der Waals surface area contributed by atoms with Crippen LogP contribution in [0.15, 0.2) is 30.8 Å². The molecule has 0 atom stereocenters. The van der Waals surface area contributed by atoms with Crippen molar-refractivity contribution in [1.82, 2.24) is 0 Å². The molecule has 0 aliphatic carbocycles. The SMILES string of the molecule is C=Cc1ccc(OC(F)(F)C(F)(F)Br)cc1. The second kappa shape index (κ2) is 4.45. The van der Waals surface area contributed by atoms with Gasteiger partial charge in [0.15, 0.2) is 0 Å². The van der Waals surface area contributed by atoms with E-state index in [9.17, 15) is 17.6 Å². The third-order valence-corrected chi connectivity index (χ3v) is 2.15. The van der Waals surface area contributed by atoms with Crippen LogP contribution in [0.3, 0.4) is 0 Å². The maximum Gasteiger partial charge on any atom is 0.475 e. The molecule has 0 spiro atoms. The number of halogens is 5. The van der Waals surface area contributed by atoms with Gasteiger partial charge in [-0.15, -0.1) is 0 Å². The summed E-state index contributed by atoms with van der Waals surface area (Å²) in [5.41, 5.74) is 0.668. The fraction of sp³-hybridized carbons (Fsp3) is 0.200. The van der Waals surface area contributed by atoms with Crippen LogP contribution in [0.1, 0.15) is 5.56 Å². The average molecular weight is 299 g/mol. The number of hydrogen-bond donors (Lipinski definition) is 0. The van der Waals surface area contributed by atoms with E-state index >= 15 is 0 Å². The van der Waals surface area contributed by atoms with Crippen LogP contribution in [-0.4, -0.2) is 10.9 Å². The summed E-state index contributed by atoms with van der Waals surface area (Å²) in [5, 5.41) is 0. The lowest BCUT2D eigenvalue weighted by atomic mass is 10.2. The van der Waals surface area contributed by atoms with Crippen LogP contribution in [0.25, 0.3) is 6.08 Å². The van der Waals surface area contributed by atoms with Gasteiger partial charge in [0.1, 0.15) is 5.75 Å². The Morgan fingerprint density at radius 1 is 1.12 bits per heavy atom. The number of hydrogen-bond acceptors (Lipinski definition) is 1. The highest BCUT2D eigenvalue weighted by Gasteiger charge is 2.57. The molecule has 0 radical (unpaired) electrons. The third-order valence-electron chi connectivity index (χ3n) is 1.69. The van der Waals surface area contributed by atoms with Crippen LogP contribution >= 0.6 is 15.9 Å². The van der Waals surface area contributed by atoms with Gasteiger partial charge in [-0.25, -0.2) is 0 Å². The van der Waals surface area contributed by atoms with E-state index in [1.807, 2.05) is 0 Å². The number of alkyl halides is 5. The van der Waals surface area contributed by atoms with Crippen molar-refractivity contribution < 1.29 is 22.3 Å². The van der Waals surface area contributed by atoms with Crippen LogP contribution in [0, 0.1) is 0 Å². The summed E-state index contributed by atoms with van der Waals surface area (Å²) in [4.78, 5) is -4.42. The quantitative estimate of drug-likeness (QED) is 0.595. The van der Waals surface area contributed by atoms with Crippen molar-refractivity contribution >= 4 is 22.0 Å². The molecule has 0 N–H and O–H groups in total. The average Bonchev–Trinajstić information content (AvgIpc) is 2.16. The Morgan fingerprint density at radius 3 is 2.00 bits per heavy atom. The fourth-order valence-electron chi connectivity index (χ4n) is 0.878. The summed E-state index contributed by atoms with van der Waals surface area (Å²) in [6.45, 7) is 3.46. The smallest absolute Gasteiger partial charge is 0.427 e. The van der Waals surface area contributed by atoms with Gasteiger partial charge in [0.2, 0.25) is 0 Å². The fourth-order valence-corrected chi connectivity index (χ4v) is 0.959. The maximum atomic E-state index is 12.8. The summed E-state index contributed by atoms with van der Waals surface area (Å²) in [5.74, 6) is -0.352. The lowest BCUT2D eigenvalue weighted by molar-refractivity contribution is -0.266. The molecule has 1 nitrogen and oxygen atoms in total. The second-order valence-electron chi connectivity index (χ2n) is 2.89. The zero-order chi connectivity index (χ0) is 12.4. The topological polar surface area (TPSA) is 9.23 Å². The van der Waals surface area contributed by atoms with E-state index in [0.717, 1.165) is 12.1 Å². The minimum Gasteiger partial charge on any atom is -0.427 e. The van der Waals surface area contributed by atoms with Crippen LogP contribution in [0.4, 0.5) is 17.6 Å². The Kier molecular flexibility index (Phi) is 3.62. The standard InChI is InChI=1S/C10H7BrF4O/c1-2-7-3-5-8(6-4-7)16-10(14,15)9(11,12)13/h2-6H,1H2. The third kappa shape index (κ3) is 2.98. The van der Waals surface area contributed by atoms with E-state index in [1.165, 1.54) is 18.2 Å². The molecule has 0 aliphatic heterocycles. The Bertz CT molecular complexity index is 369. The second-order valence-corrected chi connectivity index (χ2v) is 3.89. The van der Waals surface area contributed by atoms with Crippen molar-refractivity contribution in [3.8, 4) is 5.75 Å². The van der Waals surface area contributed by atoms with E-state index in [2.05, 4.69) is 11.3 Å². The summed E-state index contributed by atoms with van der Waals surface area (Å²) >= 11 is 1.56. The van der Waals surface area contributed by atoms with E-state index in [4.69, 9.17) is 0 Å². The van der Waals surface area contributed by atoms with Gasteiger partial charge in [-0.2, -0.15) is 17.6 Å². The molecule has 16 heavy (non-hydrogen) atoms. The first-order valence-electron chi connectivity index (χ1n) is 4.12. The monoisotopic (exact) mass is 298 g/mol. The predicted molar refractivity (Wildman–Crippen MR) is 56.0 cm³/mol. The van der Waals surface area contributed by atoms with Gasteiger partial charge >= 0.3 is 10.9 Å². The Morgan fingerprint density at radius 2 is 1.62 bits per heavy atom. The van der Waals surface area contributed by atoms with E-state index < -0.39 is 10.9 Å². The Labute approximate surface area is 97.8 Å².